The fourth-order valence-electron chi connectivity index (χ4n) is 0.924. The second-order valence-corrected chi connectivity index (χ2v) is 3.71. The molecule has 0 spiro atoms. The molecular weight excluding hydrogens is 218 g/mol. The molecule has 0 amide bonds. The number of rotatable bonds is 4. The van der Waals surface area contributed by atoms with Crippen LogP contribution in [-0.2, 0) is 0 Å². The number of hydrogen-bond acceptors (Lipinski definition) is 4. The summed E-state index contributed by atoms with van der Waals surface area (Å²) in [5, 5.41) is 12.9. The summed E-state index contributed by atoms with van der Waals surface area (Å²) in [6.07, 6.45) is 4.98. The molecule has 0 aromatic carbocycles. The second-order valence-electron chi connectivity index (χ2n) is 2.57. The maximum absolute atomic E-state index is 8.77. The predicted octanol–water partition coefficient (Wildman–Crippen LogP) is 3.05. The predicted molar refractivity (Wildman–Crippen MR) is 59.8 cm³/mol. The summed E-state index contributed by atoms with van der Waals surface area (Å²) in [6, 6.07) is 2.02. The number of halogens is 1. The summed E-state index contributed by atoms with van der Waals surface area (Å²) >= 11 is 6.93. The highest BCUT2D eigenvalue weighted by atomic mass is 35.5. The minimum Gasteiger partial charge on any atom is -0.374 e. The SMILES string of the molecule is C/C=C/CCNc1snc(Cl)c1C#N. The van der Waals surface area contributed by atoms with Gasteiger partial charge in [0.15, 0.2) is 5.15 Å². The Kier molecular flexibility index (Phi) is 4.44. The molecule has 0 atom stereocenters. The van der Waals surface area contributed by atoms with Gasteiger partial charge in [-0.05, 0) is 24.9 Å². The third-order valence-electron chi connectivity index (χ3n) is 1.59. The molecule has 0 radical (unpaired) electrons. The van der Waals surface area contributed by atoms with Gasteiger partial charge in [-0.1, -0.05) is 23.8 Å². The molecule has 3 nitrogen and oxygen atoms in total. The molecule has 0 saturated heterocycles. The van der Waals surface area contributed by atoms with E-state index in [1.165, 1.54) is 11.5 Å². The Balaban J connectivity index is 2.55. The van der Waals surface area contributed by atoms with Crippen LogP contribution in [0.1, 0.15) is 18.9 Å². The minimum atomic E-state index is 0.283. The Bertz CT molecular complexity index is 365. The fourth-order valence-corrected chi connectivity index (χ4v) is 1.88. The number of nitrogens with one attached hydrogen (secondary N) is 1. The summed E-state index contributed by atoms with van der Waals surface area (Å²) in [5.74, 6) is 0. The topological polar surface area (TPSA) is 48.7 Å². The van der Waals surface area contributed by atoms with Crippen molar-refractivity contribution in [3.8, 4) is 6.07 Å². The Labute approximate surface area is 92.2 Å². The van der Waals surface area contributed by atoms with Gasteiger partial charge in [0.25, 0.3) is 0 Å². The molecule has 5 heteroatoms. The van der Waals surface area contributed by atoms with Crippen molar-refractivity contribution >= 4 is 28.1 Å². The fraction of sp³-hybridized carbons (Fsp3) is 0.333. The van der Waals surface area contributed by atoms with E-state index in [1.807, 2.05) is 19.1 Å². The van der Waals surface area contributed by atoms with Crippen LogP contribution in [0, 0.1) is 11.3 Å². The molecule has 1 aromatic heterocycles. The Morgan fingerprint density at radius 1 is 1.71 bits per heavy atom. The van der Waals surface area contributed by atoms with Gasteiger partial charge in [-0.3, -0.25) is 0 Å². The first-order valence-corrected chi connectivity index (χ1v) is 5.35. The van der Waals surface area contributed by atoms with E-state index in [-0.39, 0.29) is 5.15 Å². The number of aromatic nitrogens is 1. The number of anilines is 1. The zero-order chi connectivity index (χ0) is 10.4. The maximum Gasteiger partial charge on any atom is 0.162 e. The van der Waals surface area contributed by atoms with E-state index in [9.17, 15) is 0 Å². The third kappa shape index (κ3) is 2.72. The molecule has 74 valence electrons. The summed E-state index contributed by atoms with van der Waals surface area (Å²) in [5.41, 5.74) is 0.442. The first-order chi connectivity index (χ1) is 6.79. The van der Waals surface area contributed by atoms with E-state index in [4.69, 9.17) is 16.9 Å². The number of nitrogens with zero attached hydrogens (tertiary/aromatic N) is 2. The van der Waals surface area contributed by atoms with Crippen molar-refractivity contribution in [1.29, 1.82) is 5.26 Å². The van der Waals surface area contributed by atoms with Gasteiger partial charge < -0.3 is 5.32 Å². The molecule has 1 rings (SSSR count). The lowest BCUT2D eigenvalue weighted by atomic mass is 10.3. The molecule has 0 fully saturated rings. The Morgan fingerprint density at radius 3 is 3.14 bits per heavy atom. The molecular formula is C9H10ClN3S. The van der Waals surface area contributed by atoms with Gasteiger partial charge in [0, 0.05) is 6.54 Å². The molecule has 0 bridgehead atoms. The van der Waals surface area contributed by atoms with Gasteiger partial charge in [0.05, 0.1) is 0 Å². The van der Waals surface area contributed by atoms with Gasteiger partial charge >= 0.3 is 0 Å². The summed E-state index contributed by atoms with van der Waals surface area (Å²) in [7, 11) is 0. The van der Waals surface area contributed by atoms with Gasteiger partial charge in [-0.2, -0.15) is 9.64 Å². The minimum absolute atomic E-state index is 0.283. The van der Waals surface area contributed by atoms with E-state index < -0.39 is 0 Å². The van der Waals surface area contributed by atoms with E-state index in [1.54, 1.807) is 0 Å². The quantitative estimate of drug-likeness (QED) is 0.635. The molecule has 1 aromatic rings. The molecule has 0 unspecified atom stereocenters. The number of nitriles is 1. The van der Waals surface area contributed by atoms with Crippen LogP contribution in [0.25, 0.3) is 0 Å². The van der Waals surface area contributed by atoms with Crippen molar-refractivity contribution in [2.45, 2.75) is 13.3 Å². The van der Waals surface area contributed by atoms with E-state index >= 15 is 0 Å². The van der Waals surface area contributed by atoms with Crippen LogP contribution < -0.4 is 5.32 Å². The van der Waals surface area contributed by atoms with Crippen LogP contribution >= 0.6 is 23.1 Å². The standard InChI is InChI=1S/C9H10ClN3S/c1-2-3-4-5-12-9-7(6-11)8(10)13-14-9/h2-3,12H,4-5H2,1H3/b3-2+. The van der Waals surface area contributed by atoms with Crippen molar-refractivity contribution in [3.05, 3.63) is 22.9 Å². The third-order valence-corrected chi connectivity index (χ3v) is 2.77. The zero-order valence-electron chi connectivity index (χ0n) is 7.75. The normalized spacial score (nSPS) is 10.4. The first-order valence-electron chi connectivity index (χ1n) is 4.20. The van der Waals surface area contributed by atoms with Crippen LogP contribution in [-0.4, -0.2) is 10.9 Å². The maximum atomic E-state index is 8.77. The highest BCUT2D eigenvalue weighted by molar-refractivity contribution is 7.10. The van der Waals surface area contributed by atoms with Crippen LogP contribution in [0.4, 0.5) is 5.00 Å². The van der Waals surface area contributed by atoms with E-state index in [0.717, 1.165) is 18.0 Å². The molecule has 1 heterocycles. The van der Waals surface area contributed by atoms with Crippen molar-refractivity contribution in [3.63, 3.8) is 0 Å². The molecule has 0 aliphatic heterocycles. The Morgan fingerprint density at radius 2 is 2.50 bits per heavy atom. The smallest absolute Gasteiger partial charge is 0.162 e. The van der Waals surface area contributed by atoms with Gasteiger partial charge in [0.1, 0.15) is 16.6 Å². The van der Waals surface area contributed by atoms with Crippen molar-refractivity contribution in [1.82, 2.24) is 4.37 Å². The van der Waals surface area contributed by atoms with E-state index in [0.29, 0.717) is 5.56 Å². The van der Waals surface area contributed by atoms with Crippen LogP contribution in [0.15, 0.2) is 12.2 Å². The average molecular weight is 228 g/mol. The van der Waals surface area contributed by atoms with Crippen molar-refractivity contribution in [2.24, 2.45) is 0 Å². The summed E-state index contributed by atoms with van der Waals surface area (Å²) < 4.78 is 3.89. The molecule has 1 N–H and O–H groups in total. The van der Waals surface area contributed by atoms with Crippen molar-refractivity contribution in [2.75, 3.05) is 11.9 Å². The second kappa shape index (κ2) is 5.63. The highest BCUT2D eigenvalue weighted by Gasteiger charge is 2.10. The highest BCUT2D eigenvalue weighted by Crippen LogP contribution is 2.27. The lowest BCUT2D eigenvalue weighted by Gasteiger charge is -1.99. The number of hydrogen-bond donors (Lipinski definition) is 1. The summed E-state index contributed by atoms with van der Waals surface area (Å²) in [6.45, 7) is 2.77. The lowest BCUT2D eigenvalue weighted by Crippen LogP contribution is -1.99. The van der Waals surface area contributed by atoms with Gasteiger partial charge in [-0.25, -0.2) is 0 Å². The van der Waals surface area contributed by atoms with Gasteiger partial charge in [0.2, 0.25) is 0 Å². The molecule has 0 aliphatic rings. The average Bonchev–Trinajstić information content (AvgIpc) is 2.54. The van der Waals surface area contributed by atoms with E-state index in [2.05, 4.69) is 15.8 Å². The molecule has 14 heavy (non-hydrogen) atoms. The van der Waals surface area contributed by atoms with Crippen LogP contribution in [0.3, 0.4) is 0 Å². The van der Waals surface area contributed by atoms with Crippen LogP contribution in [0.5, 0.6) is 0 Å². The zero-order valence-corrected chi connectivity index (χ0v) is 9.32. The lowest BCUT2D eigenvalue weighted by molar-refractivity contribution is 1.07. The van der Waals surface area contributed by atoms with Gasteiger partial charge in [-0.15, -0.1) is 0 Å². The van der Waals surface area contributed by atoms with Crippen molar-refractivity contribution < 1.29 is 0 Å². The molecule has 0 aliphatic carbocycles. The first kappa shape index (κ1) is 11.0. The molecule has 0 saturated carbocycles. The Hall–Kier alpha value is -1.05. The largest absolute Gasteiger partial charge is 0.374 e. The monoisotopic (exact) mass is 227 g/mol. The number of allylic oxidation sites excluding steroid dienone is 1. The van der Waals surface area contributed by atoms with Crippen LogP contribution in [0.2, 0.25) is 5.15 Å². The summed E-state index contributed by atoms with van der Waals surface area (Å²) in [4.78, 5) is 0.